The number of carbonyl (C=O) groups is 5. The lowest BCUT2D eigenvalue weighted by Gasteiger charge is -2.27. The maximum atomic E-state index is 13.5. The zero-order chi connectivity index (χ0) is 31.5. The van der Waals surface area contributed by atoms with Gasteiger partial charge in [0, 0.05) is 0 Å². The van der Waals surface area contributed by atoms with E-state index in [1.807, 2.05) is 20.1 Å². The van der Waals surface area contributed by atoms with Crippen molar-refractivity contribution in [3.8, 4) is 0 Å². The molecule has 1 heterocycles. The predicted molar refractivity (Wildman–Crippen MR) is 165 cm³/mol. The SMILES string of the molecule is CSCC[C@H](NC(=O)[C@@H]1CCCN1)C(=O)N[C@@H](CC(C)C)C(=O)N[C@@H](CCCCN)C(=O)N[C@@H](CCCCN)C(=O)O. The highest BCUT2D eigenvalue weighted by Gasteiger charge is 2.32. The summed E-state index contributed by atoms with van der Waals surface area (Å²) in [5.74, 6) is -2.36. The van der Waals surface area contributed by atoms with Crippen LogP contribution in [0.15, 0.2) is 0 Å². The molecule has 5 atom stereocenters. The molecule has 13 nitrogen and oxygen atoms in total. The fourth-order valence-corrected chi connectivity index (χ4v) is 5.19. The van der Waals surface area contributed by atoms with Crippen LogP contribution in [0.3, 0.4) is 0 Å². The molecule has 242 valence electrons. The van der Waals surface area contributed by atoms with Crippen LogP contribution in [0.1, 0.15) is 78.1 Å². The third-order valence-electron chi connectivity index (χ3n) is 7.10. The lowest BCUT2D eigenvalue weighted by atomic mass is 10.0. The molecule has 42 heavy (non-hydrogen) atoms. The summed E-state index contributed by atoms with van der Waals surface area (Å²) in [7, 11) is 0. The summed E-state index contributed by atoms with van der Waals surface area (Å²) < 4.78 is 0. The molecule has 10 N–H and O–H groups in total. The van der Waals surface area contributed by atoms with Gasteiger partial charge in [0.2, 0.25) is 23.6 Å². The Hall–Kier alpha value is -2.42. The van der Waals surface area contributed by atoms with Gasteiger partial charge in [-0.05, 0) is 102 Å². The van der Waals surface area contributed by atoms with Crippen molar-refractivity contribution < 1.29 is 29.1 Å². The Kier molecular flexibility index (Phi) is 19.1. The van der Waals surface area contributed by atoms with Gasteiger partial charge >= 0.3 is 5.97 Å². The Morgan fingerprint density at radius 2 is 1.33 bits per heavy atom. The lowest BCUT2D eigenvalue weighted by molar-refractivity contribution is -0.142. The highest BCUT2D eigenvalue weighted by molar-refractivity contribution is 7.98. The van der Waals surface area contributed by atoms with Crippen LogP contribution in [-0.2, 0) is 24.0 Å². The molecule has 0 aromatic carbocycles. The summed E-state index contributed by atoms with van der Waals surface area (Å²) in [6.07, 6.45) is 6.99. The third kappa shape index (κ3) is 14.7. The zero-order valence-electron chi connectivity index (χ0n) is 25.4. The largest absolute Gasteiger partial charge is 0.480 e. The van der Waals surface area contributed by atoms with Crippen molar-refractivity contribution in [2.75, 3.05) is 31.6 Å². The molecule has 0 aromatic rings. The normalized spacial score (nSPS) is 17.6. The van der Waals surface area contributed by atoms with Crippen LogP contribution in [-0.4, -0.2) is 96.6 Å². The Balaban J connectivity index is 3.03. The van der Waals surface area contributed by atoms with Crippen LogP contribution in [0.5, 0.6) is 0 Å². The van der Waals surface area contributed by atoms with Crippen molar-refractivity contribution in [1.29, 1.82) is 0 Å². The standard InChI is InChI=1S/C28H53N7O6S/c1-18(2)17-23(35-26(38)21(12-16-42-3)33-24(36)19-11-8-15-31-19)27(39)32-20(9-4-6-13-29)25(37)34-22(28(40)41)10-5-7-14-30/h18-23,31H,4-17,29-30H2,1-3H3,(H,32,39)(H,33,36)(H,34,37)(H,35,38)(H,40,41)/t19-,20-,21-,22-,23-/m0/s1. The van der Waals surface area contributed by atoms with Crippen molar-refractivity contribution >= 4 is 41.4 Å². The van der Waals surface area contributed by atoms with E-state index in [2.05, 4.69) is 26.6 Å². The minimum atomic E-state index is -1.16. The Labute approximate surface area is 254 Å². The molecule has 0 radical (unpaired) electrons. The first-order chi connectivity index (χ1) is 20.0. The van der Waals surface area contributed by atoms with Gasteiger partial charge in [0.15, 0.2) is 0 Å². The second kappa shape index (κ2) is 21.3. The smallest absolute Gasteiger partial charge is 0.326 e. The van der Waals surface area contributed by atoms with Crippen molar-refractivity contribution in [2.45, 2.75) is 108 Å². The average Bonchev–Trinajstić information content (AvgIpc) is 3.48. The van der Waals surface area contributed by atoms with Crippen LogP contribution in [0.2, 0.25) is 0 Å². The van der Waals surface area contributed by atoms with Gasteiger partial charge in [0.05, 0.1) is 6.04 Å². The van der Waals surface area contributed by atoms with Gasteiger partial charge in [0.25, 0.3) is 0 Å². The van der Waals surface area contributed by atoms with Gasteiger partial charge in [0.1, 0.15) is 24.2 Å². The van der Waals surface area contributed by atoms with E-state index in [4.69, 9.17) is 11.5 Å². The first-order valence-electron chi connectivity index (χ1n) is 15.1. The van der Waals surface area contributed by atoms with Gasteiger partial charge in [-0.3, -0.25) is 19.2 Å². The number of carbonyl (C=O) groups excluding carboxylic acids is 4. The summed E-state index contributed by atoms with van der Waals surface area (Å²) in [6, 6.07) is -4.24. The maximum absolute atomic E-state index is 13.5. The topological polar surface area (TPSA) is 218 Å². The van der Waals surface area contributed by atoms with Gasteiger partial charge in [-0.1, -0.05) is 13.8 Å². The first-order valence-corrected chi connectivity index (χ1v) is 16.5. The summed E-state index contributed by atoms with van der Waals surface area (Å²) >= 11 is 1.55. The quantitative estimate of drug-likeness (QED) is 0.0751. The van der Waals surface area contributed by atoms with E-state index in [-0.39, 0.29) is 30.7 Å². The van der Waals surface area contributed by atoms with Crippen LogP contribution in [0, 0.1) is 5.92 Å². The Morgan fingerprint density at radius 3 is 1.83 bits per heavy atom. The van der Waals surface area contributed by atoms with Crippen LogP contribution in [0.4, 0.5) is 0 Å². The Morgan fingerprint density at radius 1 is 0.810 bits per heavy atom. The van der Waals surface area contributed by atoms with Gasteiger partial charge in [-0.25, -0.2) is 4.79 Å². The highest BCUT2D eigenvalue weighted by Crippen LogP contribution is 2.11. The number of unbranched alkanes of at least 4 members (excludes halogenated alkanes) is 2. The van der Waals surface area contributed by atoms with E-state index in [9.17, 15) is 29.1 Å². The van der Waals surface area contributed by atoms with Crippen molar-refractivity contribution in [1.82, 2.24) is 26.6 Å². The van der Waals surface area contributed by atoms with Crippen molar-refractivity contribution in [3.63, 3.8) is 0 Å². The van der Waals surface area contributed by atoms with Crippen molar-refractivity contribution in [3.05, 3.63) is 0 Å². The second-order valence-corrected chi connectivity index (χ2v) is 12.2. The van der Waals surface area contributed by atoms with E-state index >= 15 is 0 Å². The Bertz CT molecular complexity index is 857. The minimum Gasteiger partial charge on any atom is -0.480 e. The fourth-order valence-electron chi connectivity index (χ4n) is 4.72. The molecular formula is C28H53N7O6S. The van der Waals surface area contributed by atoms with E-state index in [0.717, 1.165) is 13.0 Å². The zero-order valence-corrected chi connectivity index (χ0v) is 26.2. The molecule has 0 aromatic heterocycles. The average molecular weight is 616 g/mol. The summed E-state index contributed by atoms with van der Waals surface area (Å²) in [5.41, 5.74) is 11.1. The number of thioether (sulfide) groups is 1. The van der Waals surface area contributed by atoms with E-state index < -0.39 is 47.9 Å². The second-order valence-electron chi connectivity index (χ2n) is 11.2. The maximum Gasteiger partial charge on any atom is 0.326 e. The third-order valence-corrected chi connectivity index (χ3v) is 7.75. The van der Waals surface area contributed by atoms with Gasteiger partial charge in [-0.2, -0.15) is 11.8 Å². The molecule has 1 rings (SSSR count). The summed E-state index contributed by atoms with van der Waals surface area (Å²) in [5, 5.41) is 23.7. The molecule has 1 aliphatic rings. The molecule has 0 bridgehead atoms. The van der Waals surface area contributed by atoms with E-state index in [0.29, 0.717) is 63.8 Å². The van der Waals surface area contributed by atoms with Crippen LogP contribution in [0.25, 0.3) is 0 Å². The monoisotopic (exact) mass is 615 g/mol. The molecule has 1 aliphatic heterocycles. The number of aliphatic carboxylic acids is 1. The molecular weight excluding hydrogens is 562 g/mol. The van der Waals surface area contributed by atoms with Crippen LogP contribution < -0.4 is 38.1 Å². The molecule has 1 saturated heterocycles. The molecule has 14 heteroatoms. The number of amides is 4. The number of carboxylic acid groups (broad SMARTS) is 1. The van der Waals surface area contributed by atoms with E-state index in [1.54, 1.807) is 11.8 Å². The van der Waals surface area contributed by atoms with E-state index in [1.165, 1.54) is 0 Å². The fraction of sp³-hybridized carbons (Fsp3) is 0.821. The molecule has 1 fully saturated rings. The number of rotatable bonds is 22. The number of nitrogens with one attached hydrogen (secondary N) is 5. The lowest BCUT2D eigenvalue weighted by Crippen LogP contribution is -2.58. The molecule has 0 spiro atoms. The molecule has 4 amide bonds. The number of carboxylic acids is 1. The van der Waals surface area contributed by atoms with Gasteiger partial charge < -0.3 is 43.2 Å². The number of hydrogen-bond donors (Lipinski definition) is 8. The summed E-state index contributed by atoms with van der Waals surface area (Å²) in [6.45, 7) is 5.40. The number of hydrogen-bond acceptors (Lipinski definition) is 9. The first kappa shape index (κ1) is 37.6. The highest BCUT2D eigenvalue weighted by atomic mass is 32.2. The van der Waals surface area contributed by atoms with Crippen LogP contribution >= 0.6 is 11.8 Å². The van der Waals surface area contributed by atoms with Crippen molar-refractivity contribution in [2.24, 2.45) is 17.4 Å². The predicted octanol–water partition coefficient (Wildman–Crippen LogP) is -0.181. The molecule has 0 saturated carbocycles. The minimum absolute atomic E-state index is 0.0337. The molecule has 0 aliphatic carbocycles. The summed E-state index contributed by atoms with van der Waals surface area (Å²) in [4.78, 5) is 64.5. The van der Waals surface area contributed by atoms with Gasteiger partial charge in [-0.15, -0.1) is 0 Å². The molecule has 0 unspecified atom stereocenters. The number of nitrogens with two attached hydrogens (primary N) is 2.